The summed E-state index contributed by atoms with van der Waals surface area (Å²) >= 11 is 0. The van der Waals surface area contributed by atoms with Crippen molar-refractivity contribution in [2.75, 3.05) is 25.3 Å². The molecule has 4 N–H and O–H groups in total. The Morgan fingerprint density at radius 3 is 2.74 bits per heavy atom. The lowest BCUT2D eigenvalue weighted by atomic mass is 9.86. The SMILES string of the molecule is COc1ccc([C@@H]2CC(=O)Nc3nc(N)[nH]c(=O)c32)c(OC)c1. The first-order valence-corrected chi connectivity index (χ1v) is 6.95. The molecule has 8 heteroatoms. The van der Waals surface area contributed by atoms with Crippen LogP contribution < -0.4 is 26.1 Å². The number of anilines is 2. The third-order valence-corrected chi connectivity index (χ3v) is 3.79. The van der Waals surface area contributed by atoms with E-state index in [1.54, 1.807) is 25.3 Å². The van der Waals surface area contributed by atoms with Crippen LogP contribution in [0.5, 0.6) is 11.5 Å². The van der Waals surface area contributed by atoms with Gasteiger partial charge in [-0.2, -0.15) is 4.98 Å². The number of carbonyl (C=O) groups excluding carboxylic acids is 1. The lowest BCUT2D eigenvalue weighted by Gasteiger charge is -2.25. The normalized spacial score (nSPS) is 16.4. The number of H-pyrrole nitrogens is 1. The highest BCUT2D eigenvalue weighted by Gasteiger charge is 2.32. The van der Waals surface area contributed by atoms with E-state index in [9.17, 15) is 9.59 Å². The van der Waals surface area contributed by atoms with Gasteiger partial charge in [0.25, 0.3) is 5.56 Å². The van der Waals surface area contributed by atoms with Gasteiger partial charge in [-0.1, -0.05) is 6.07 Å². The number of benzene rings is 1. The van der Waals surface area contributed by atoms with Gasteiger partial charge in [0.15, 0.2) is 0 Å². The molecule has 0 saturated carbocycles. The fraction of sp³-hybridized carbons (Fsp3) is 0.267. The van der Waals surface area contributed by atoms with Gasteiger partial charge in [0.1, 0.15) is 17.3 Å². The van der Waals surface area contributed by atoms with Crippen molar-refractivity contribution >= 4 is 17.7 Å². The van der Waals surface area contributed by atoms with E-state index in [0.717, 1.165) is 0 Å². The van der Waals surface area contributed by atoms with E-state index in [-0.39, 0.29) is 29.7 Å². The summed E-state index contributed by atoms with van der Waals surface area (Å²) in [6.45, 7) is 0. The molecule has 1 amide bonds. The highest BCUT2D eigenvalue weighted by Crippen LogP contribution is 2.39. The maximum atomic E-state index is 12.3. The summed E-state index contributed by atoms with van der Waals surface area (Å²) in [7, 11) is 3.07. The van der Waals surface area contributed by atoms with Crippen LogP contribution in [0.4, 0.5) is 11.8 Å². The summed E-state index contributed by atoms with van der Waals surface area (Å²) in [5.74, 6) is 0.581. The zero-order chi connectivity index (χ0) is 16.6. The number of rotatable bonds is 3. The van der Waals surface area contributed by atoms with Crippen molar-refractivity contribution in [1.29, 1.82) is 0 Å². The van der Waals surface area contributed by atoms with Crippen molar-refractivity contribution in [2.24, 2.45) is 0 Å². The lowest BCUT2D eigenvalue weighted by molar-refractivity contribution is -0.116. The minimum Gasteiger partial charge on any atom is -0.497 e. The van der Waals surface area contributed by atoms with Gasteiger partial charge in [-0.3, -0.25) is 14.6 Å². The Bertz CT molecular complexity index is 831. The van der Waals surface area contributed by atoms with Crippen LogP contribution in [0.3, 0.4) is 0 Å². The molecule has 1 atom stereocenters. The molecule has 0 fully saturated rings. The molecule has 0 spiro atoms. The highest BCUT2D eigenvalue weighted by molar-refractivity contribution is 5.94. The molecule has 0 unspecified atom stereocenters. The maximum Gasteiger partial charge on any atom is 0.258 e. The van der Waals surface area contributed by atoms with E-state index < -0.39 is 5.92 Å². The largest absolute Gasteiger partial charge is 0.497 e. The second kappa shape index (κ2) is 5.64. The summed E-state index contributed by atoms with van der Waals surface area (Å²) in [4.78, 5) is 30.8. The molecule has 0 bridgehead atoms. The average Bonchev–Trinajstić information content (AvgIpc) is 2.52. The topological polar surface area (TPSA) is 119 Å². The number of hydrogen-bond donors (Lipinski definition) is 3. The first kappa shape index (κ1) is 14.9. The van der Waals surface area contributed by atoms with E-state index in [2.05, 4.69) is 15.3 Å². The molecule has 120 valence electrons. The Labute approximate surface area is 131 Å². The van der Waals surface area contributed by atoms with Crippen LogP contribution in [-0.4, -0.2) is 30.1 Å². The van der Waals surface area contributed by atoms with E-state index in [1.807, 2.05) is 0 Å². The number of nitrogen functional groups attached to an aromatic ring is 1. The summed E-state index contributed by atoms with van der Waals surface area (Å²) in [5, 5.41) is 2.59. The van der Waals surface area contributed by atoms with Crippen molar-refractivity contribution in [3.63, 3.8) is 0 Å². The zero-order valence-corrected chi connectivity index (χ0v) is 12.7. The standard InChI is InChI=1S/C15H16N4O4/c1-22-7-3-4-8(10(5-7)23-2)9-6-11(20)17-13-12(9)14(21)19-15(16)18-13/h3-5,9H,6H2,1-2H3,(H4,16,17,18,19,20,21)/t9-/m0/s1. The molecule has 2 heterocycles. The smallest absolute Gasteiger partial charge is 0.258 e. The van der Waals surface area contributed by atoms with Crippen molar-refractivity contribution in [1.82, 2.24) is 9.97 Å². The summed E-state index contributed by atoms with van der Waals surface area (Å²) in [5.41, 5.74) is 6.24. The molecule has 0 radical (unpaired) electrons. The van der Waals surface area contributed by atoms with Crippen molar-refractivity contribution in [3.05, 3.63) is 39.7 Å². The third kappa shape index (κ3) is 2.59. The maximum absolute atomic E-state index is 12.3. The molecule has 1 aromatic carbocycles. The van der Waals surface area contributed by atoms with Gasteiger partial charge >= 0.3 is 0 Å². The number of amides is 1. The number of nitrogens with two attached hydrogens (primary N) is 1. The molecule has 3 rings (SSSR count). The number of fused-ring (bicyclic) bond motifs is 1. The molecule has 1 aromatic heterocycles. The van der Waals surface area contributed by atoms with Crippen molar-refractivity contribution < 1.29 is 14.3 Å². The Morgan fingerprint density at radius 1 is 1.26 bits per heavy atom. The number of aromatic nitrogens is 2. The molecule has 23 heavy (non-hydrogen) atoms. The highest BCUT2D eigenvalue weighted by atomic mass is 16.5. The van der Waals surface area contributed by atoms with E-state index >= 15 is 0 Å². The van der Waals surface area contributed by atoms with Crippen LogP contribution in [0.1, 0.15) is 23.5 Å². The summed E-state index contributed by atoms with van der Waals surface area (Å²) in [6.07, 6.45) is 0.115. The number of carbonyl (C=O) groups is 1. The van der Waals surface area contributed by atoms with E-state index in [1.165, 1.54) is 7.11 Å². The van der Waals surface area contributed by atoms with Crippen LogP contribution in [-0.2, 0) is 4.79 Å². The molecular formula is C15H16N4O4. The zero-order valence-electron chi connectivity index (χ0n) is 12.7. The van der Waals surface area contributed by atoms with Gasteiger partial charge in [-0.15, -0.1) is 0 Å². The Morgan fingerprint density at radius 2 is 2.04 bits per heavy atom. The van der Waals surface area contributed by atoms with Gasteiger partial charge in [0.05, 0.1) is 19.8 Å². The van der Waals surface area contributed by atoms with Crippen LogP contribution >= 0.6 is 0 Å². The molecule has 8 nitrogen and oxygen atoms in total. The third-order valence-electron chi connectivity index (χ3n) is 3.79. The average molecular weight is 316 g/mol. The number of methoxy groups -OCH3 is 2. The molecule has 2 aromatic rings. The molecular weight excluding hydrogens is 300 g/mol. The molecule has 1 aliphatic heterocycles. The van der Waals surface area contributed by atoms with Crippen molar-refractivity contribution in [3.8, 4) is 11.5 Å². The Kier molecular flexibility index (Phi) is 3.65. The summed E-state index contributed by atoms with van der Waals surface area (Å²) < 4.78 is 10.6. The van der Waals surface area contributed by atoms with E-state index in [0.29, 0.717) is 22.6 Å². The minimum absolute atomic E-state index is 0.0450. The van der Waals surface area contributed by atoms with Crippen LogP contribution in [0.15, 0.2) is 23.0 Å². The second-order valence-electron chi connectivity index (χ2n) is 5.13. The van der Waals surface area contributed by atoms with Crippen LogP contribution in [0, 0.1) is 0 Å². The van der Waals surface area contributed by atoms with Gasteiger partial charge in [0.2, 0.25) is 11.9 Å². The predicted molar refractivity (Wildman–Crippen MR) is 83.9 cm³/mol. The summed E-state index contributed by atoms with van der Waals surface area (Å²) in [6, 6.07) is 5.24. The van der Waals surface area contributed by atoms with Gasteiger partial charge in [0, 0.05) is 24.0 Å². The first-order valence-electron chi connectivity index (χ1n) is 6.95. The van der Waals surface area contributed by atoms with Gasteiger partial charge in [-0.25, -0.2) is 0 Å². The number of ether oxygens (including phenoxy) is 2. The first-order chi connectivity index (χ1) is 11.0. The lowest BCUT2D eigenvalue weighted by Crippen LogP contribution is -2.31. The number of nitrogens with one attached hydrogen (secondary N) is 2. The molecule has 1 aliphatic rings. The quantitative estimate of drug-likeness (QED) is 0.772. The monoisotopic (exact) mass is 316 g/mol. The fourth-order valence-electron chi connectivity index (χ4n) is 2.76. The second-order valence-corrected chi connectivity index (χ2v) is 5.13. The minimum atomic E-state index is -0.476. The number of aromatic amines is 1. The predicted octanol–water partition coefficient (Wildman–Crippen LogP) is 0.843. The molecule has 0 aliphatic carbocycles. The fourth-order valence-corrected chi connectivity index (χ4v) is 2.76. The van der Waals surface area contributed by atoms with Gasteiger partial charge < -0.3 is 20.5 Å². The Hall–Kier alpha value is -3.03. The number of hydrogen-bond acceptors (Lipinski definition) is 6. The van der Waals surface area contributed by atoms with E-state index in [4.69, 9.17) is 15.2 Å². The van der Waals surface area contributed by atoms with Gasteiger partial charge in [-0.05, 0) is 6.07 Å². The molecule has 0 saturated heterocycles. The van der Waals surface area contributed by atoms with Crippen LogP contribution in [0.2, 0.25) is 0 Å². The van der Waals surface area contributed by atoms with Crippen LogP contribution in [0.25, 0.3) is 0 Å². The van der Waals surface area contributed by atoms with Crippen molar-refractivity contribution in [2.45, 2.75) is 12.3 Å². The Balaban J connectivity index is 2.19. The number of nitrogens with zero attached hydrogens (tertiary/aromatic N) is 1.